The Morgan fingerprint density at radius 2 is 2.15 bits per heavy atom. The second-order valence-corrected chi connectivity index (χ2v) is 2.86. The molecule has 4 nitrogen and oxygen atoms in total. The van der Waals surface area contributed by atoms with Crippen LogP contribution in [0.4, 0.5) is 0 Å². The van der Waals surface area contributed by atoms with E-state index in [-0.39, 0.29) is 12.6 Å². The molecule has 0 aliphatic heterocycles. The molecule has 4 heteroatoms. The van der Waals surface area contributed by atoms with E-state index in [0.717, 1.165) is 0 Å². The number of hydrogen-bond donors (Lipinski definition) is 2. The summed E-state index contributed by atoms with van der Waals surface area (Å²) in [6.07, 6.45) is 1.37. The van der Waals surface area contributed by atoms with Crippen LogP contribution >= 0.6 is 0 Å². The first kappa shape index (κ1) is 12.4. The average Bonchev–Trinajstić information content (AvgIpc) is 2.05. The highest BCUT2D eigenvalue weighted by atomic mass is 16.5. The number of esters is 1. The maximum Gasteiger partial charge on any atom is 0.305 e. The summed E-state index contributed by atoms with van der Waals surface area (Å²) in [5, 5.41) is 17.7. The van der Waals surface area contributed by atoms with Crippen LogP contribution in [0.3, 0.4) is 0 Å². The van der Waals surface area contributed by atoms with Crippen molar-refractivity contribution in [3.63, 3.8) is 0 Å². The maximum atomic E-state index is 10.8. The van der Waals surface area contributed by atoms with Gasteiger partial charge in [-0.15, -0.1) is 0 Å². The van der Waals surface area contributed by atoms with Crippen LogP contribution in [0.1, 0.15) is 32.6 Å². The highest BCUT2D eigenvalue weighted by molar-refractivity contribution is 5.69. The van der Waals surface area contributed by atoms with E-state index < -0.39 is 6.10 Å². The second-order valence-electron chi connectivity index (χ2n) is 2.86. The summed E-state index contributed by atoms with van der Waals surface area (Å²) in [4.78, 5) is 10.8. The third-order valence-electron chi connectivity index (χ3n) is 1.69. The van der Waals surface area contributed by atoms with Crippen molar-refractivity contribution in [2.75, 3.05) is 13.2 Å². The largest absolute Gasteiger partial charge is 0.466 e. The standard InChI is InChI=1S/C9H18O4/c1-2-13-9(12)5-3-4-8(11)6-7-10/h8,10-11H,2-7H2,1H3. The molecule has 0 fully saturated rings. The van der Waals surface area contributed by atoms with Crippen molar-refractivity contribution in [3.05, 3.63) is 0 Å². The molecule has 0 rings (SSSR count). The molecule has 1 unspecified atom stereocenters. The quantitative estimate of drug-likeness (QED) is 0.572. The molecule has 0 bridgehead atoms. The normalized spacial score (nSPS) is 12.5. The highest BCUT2D eigenvalue weighted by Gasteiger charge is 2.05. The summed E-state index contributed by atoms with van der Waals surface area (Å²) in [6.45, 7) is 2.15. The lowest BCUT2D eigenvalue weighted by Gasteiger charge is -2.07. The first-order valence-corrected chi connectivity index (χ1v) is 4.65. The zero-order valence-electron chi connectivity index (χ0n) is 8.03. The van der Waals surface area contributed by atoms with Gasteiger partial charge in [-0.2, -0.15) is 0 Å². The Bertz CT molecular complexity index is 136. The third kappa shape index (κ3) is 7.74. The van der Waals surface area contributed by atoms with Gasteiger partial charge in [-0.1, -0.05) is 0 Å². The molecule has 0 aromatic rings. The van der Waals surface area contributed by atoms with Crippen LogP contribution in [-0.4, -0.2) is 35.5 Å². The number of aliphatic hydroxyl groups excluding tert-OH is 2. The number of carbonyl (C=O) groups is 1. The van der Waals surface area contributed by atoms with Gasteiger partial charge in [0.25, 0.3) is 0 Å². The molecule has 0 spiro atoms. The fourth-order valence-corrected chi connectivity index (χ4v) is 1.01. The molecule has 0 saturated carbocycles. The van der Waals surface area contributed by atoms with Crippen molar-refractivity contribution in [1.29, 1.82) is 0 Å². The Hall–Kier alpha value is -0.610. The molecule has 13 heavy (non-hydrogen) atoms. The van der Waals surface area contributed by atoms with Gasteiger partial charge in [-0.05, 0) is 26.2 Å². The lowest BCUT2D eigenvalue weighted by atomic mass is 10.1. The first-order chi connectivity index (χ1) is 6.20. The zero-order chi connectivity index (χ0) is 10.1. The van der Waals surface area contributed by atoms with Crippen LogP contribution in [0.15, 0.2) is 0 Å². The number of carbonyl (C=O) groups excluding carboxylic acids is 1. The van der Waals surface area contributed by atoms with Gasteiger partial charge in [-0.3, -0.25) is 4.79 Å². The summed E-state index contributed by atoms with van der Waals surface area (Å²) in [5.41, 5.74) is 0. The molecule has 0 aromatic carbocycles. The van der Waals surface area contributed by atoms with Gasteiger partial charge < -0.3 is 14.9 Å². The van der Waals surface area contributed by atoms with Crippen LogP contribution in [0.2, 0.25) is 0 Å². The first-order valence-electron chi connectivity index (χ1n) is 4.65. The lowest BCUT2D eigenvalue weighted by molar-refractivity contribution is -0.143. The van der Waals surface area contributed by atoms with Gasteiger partial charge >= 0.3 is 5.97 Å². The Morgan fingerprint density at radius 1 is 1.46 bits per heavy atom. The van der Waals surface area contributed by atoms with Crippen LogP contribution < -0.4 is 0 Å². The smallest absolute Gasteiger partial charge is 0.305 e. The van der Waals surface area contributed by atoms with Crippen LogP contribution in [0, 0.1) is 0 Å². The minimum atomic E-state index is -0.501. The van der Waals surface area contributed by atoms with Gasteiger partial charge in [0.05, 0.1) is 12.7 Å². The SMILES string of the molecule is CCOC(=O)CCCC(O)CCO. The monoisotopic (exact) mass is 190 g/mol. The van der Waals surface area contributed by atoms with E-state index in [1.807, 2.05) is 0 Å². The number of rotatable bonds is 7. The minimum Gasteiger partial charge on any atom is -0.466 e. The van der Waals surface area contributed by atoms with E-state index in [1.54, 1.807) is 6.92 Å². The second kappa shape index (κ2) is 8.01. The van der Waals surface area contributed by atoms with E-state index in [2.05, 4.69) is 0 Å². The van der Waals surface area contributed by atoms with Crippen molar-refractivity contribution in [2.24, 2.45) is 0 Å². The number of aliphatic hydroxyl groups is 2. The third-order valence-corrected chi connectivity index (χ3v) is 1.69. The van der Waals surface area contributed by atoms with Crippen molar-refractivity contribution < 1.29 is 19.7 Å². The molecule has 2 N–H and O–H groups in total. The minimum absolute atomic E-state index is 0.0133. The van der Waals surface area contributed by atoms with Crippen molar-refractivity contribution in [2.45, 2.75) is 38.7 Å². The van der Waals surface area contributed by atoms with Crippen molar-refractivity contribution in [1.82, 2.24) is 0 Å². The topological polar surface area (TPSA) is 66.8 Å². The molecule has 0 heterocycles. The van der Waals surface area contributed by atoms with Gasteiger partial charge in [0.1, 0.15) is 0 Å². The summed E-state index contributed by atoms with van der Waals surface area (Å²) in [7, 11) is 0. The van der Waals surface area contributed by atoms with Crippen LogP contribution in [0.5, 0.6) is 0 Å². The molecular weight excluding hydrogens is 172 g/mol. The molecular formula is C9H18O4. The van der Waals surface area contributed by atoms with Crippen molar-refractivity contribution in [3.8, 4) is 0 Å². The van der Waals surface area contributed by atoms with Crippen molar-refractivity contribution >= 4 is 5.97 Å². The molecule has 0 aliphatic carbocycles. The fourth-order valence-electron chi connectivity index (χ4n) is 1.01. The predicted molar refractivity (Wildman–Crippen MR) is 48.2 cm³/mol. The Balaban J connectivity index is 3.28. The van der Waals surface area contributed by atoms with E-state index in [4.69, 9.17) is 9.84 Å². The Kier molecular flexibility index (Phi) is 7.63. The molecule has 0 saturated heterocycles. The van der Waals surface area contributed by atoms with Crippen LogP contribution in [0.25, 0.3) is 0 Å². The molecule has 0 amide bonds. The molecule has 1 atom stereocenters. The average molecular weight is 190 g/mol. The van der Waals surface area contributed by atoms with E-state index in [1.165, 1.54) is 0 Å². The van der Waals surface area contributed by atoms with Gasteiger partial charge in [0.2, 0.25) is 0 Å². The van der Waals surface area contributed by atoms with Gasteiger partial charge in [0, 0.05) is 13.0 Å². The summed E-state index contributed by atoms with van der Waals surface area (Å²) >= 11 is 0. The zero-order valence-corrected chi connectivity index (χ0v) is 8.03. The molecule has 78 valence electrons. The maximum absolute atomic E-state index is 10.8. The predicted octanol–water partition coefficient (Wildman–Crippen LogP) is 0.463. The Morgan fingerprint density at radius 3 is 2.69 bits per heavy atom. The highest BCUT2D eigenvalue weighted by Crippen LogP contribution is 2.04. The lowest BCUT2D eigenvalue weighted by Crippen LogP contribution is -2.10. The van der Waals surface area contributed by atoms with E-state index in [9.17, 15) is 9.90 Å². The van der Waals surface area contributed by atoms with Gasteiger partial charge in [-0.25, -0.2) is 0 Å². The van der Waals surface area contributed by atoms with Crippen LogP contribution in [-0.2, 0) is 9.53 Å². The number of hydrogen-bond acceptors (Lipinski definition) is 4. The van der Waals surface area contributed by atoms with E-state index in [0.29, 0.717) is 32.3 Å². The molecule has 0 aliphatic rings. The summed E-state index contributed by atoms with van der Waals surface area (Å²) in [6, 6.07) is 0. The molecule has 0 aromatic heterocycles. The fraction of sp³-hybridized carbons (Fsp3) is 0.889. The Labute approximate surface area is 78.5 Å². The van der Waals surface area contributed by atoms with Gasteiger partial charge in [0.15, 0.2) is 0 Å². The summed E-state index contributed by atoms with van der Waals surface area (Å²) in [5.74, 6) is -0.223. The summed E-state index contributed by atoms with van der Waals surface area (Å²) < 4.78 is 4.71. The number of ether oxygens (including phenoxy) is 1. The molecule has 0 radical (unpaired) electrons. The van der Waals surface area contributed by atoms with E-state index >= 15 is 0 Å².